The Morgan fingerprint density at radius 1 is 1.32 bits per heavy atom. The minimum absolute atomic E-state index is 0.00504. The molecule has 2 heterocycles. The van der Waals surface area contributed by atoms with Gasteiger partial charge in [-0.3, -0.25) is 9.48 Å². The van der Waals surface area contributed by atoms with Crippen molar-refractivity contribution >= 4 is 5.91 Å². The molecule has 0 bridgehead atoms. The topological polar surface area (TPSA) is 58.4 Å². The summed E-state index contributed by atoms with van der Waals surface area (Å²) in [4.78, 5) is 14.2. The highest BCUT2D eigenvalue weighted by molar-refractivity contribution is 5.94. The average molecular weight is 299 g/mol. The van der Waals surface area contributed by atoms with Crippen LogP contribution in [0.15, 0.2) is 36.7 Å². The lowest BCUT2D eigenvalue weighted by Gasteiger charge is -2.30. The van der Waals surface area contributed by atoms with E-state index in [0.717, 1.165) is 37.1 Å². The van der Waals surface area contributed by atoms with E-state index >= 15 is 0 Å². The minimum Gasteiger partial charge on any atom is -0.391 e. The second kappa shape index (κ2) is 6.32. The van der Waals surface area contributed by atoms with E-state index in [9.17, 15) is 9.90 Å². The summed E-state index contributed by atoms with van der Waals surface area (Å²) in [5, 5.41) is 14.0. The maximum atomic E-state index is 12.4. The second-order valence-electron chi connectivity index (χ2n) is 5.71. The lowest BCUT2D eigenvalue weighted by Crippen LogP contribution is -2.42. The minimum atomic E-state index is -0.392. The molecule has 1 saturated heterocycles. The van der Waals surface area contributed by atoms with Crippen molar-refractivity contribution in [2.45, 2.75) is 32.4 Å². The van der Waals surface area contributed by atoms with Gasteiger partial charge in [0.2, 0.25) is 0 Å². The van der Waals surface area contributed by atoms with Crippen molar-refractivity contribution in [3.8, 4) is 11.1 Å². The van der Waals surface area contributed by atoms with Gasteiger partial charge in [0.25, 0.3) is 5.91 Å². The molecule has 0 unspecified atom stereocenters. The molecular formula is C17H21N3O2. The molecular weight excluding hydrogens is 278 g/mol. The fraction of sp³-hybridized carbons (Fsp3) is 0.412. The van der Waals surface area contributed by atoms with Crippen LogP contribution in [0.3, 0.4) is 0 Å². The number of likely N-dealkylation sites (tertiary alicyclic amines) is 1. The summed E-state index contributed by atoms with van der Waals surface area (Å²) in [7, 11) is 0. The van der Waals surface area contributed by atoms with E-state index in [2.05, 4.69) is 5.10 Å². The quantitative estimate of drug-likeness (QED) is 0.945. The summed E-state index contributed by atoms with van der Waals surface area (Å²) in [6.45, 7) is 4.05. The van der Waals surface area contributed by atoms with E-state index in [1.807, 2.05) is 48.3 Å². The molecule has 1 fully saturated rings. The monoisotopic (exact) mass is 299 g/mol. The lowest BCUT2D eigenvalue weighted by atomic mass is 10.0. The fourth-order valence-corrected chi connectivity index (χ4v) is 2.81. The Labute approximate surface area is 130 Å². The van der Waals surface area contributed by atoms with Crippen molar-refractivity contribution in [1.29, 1.82) is 0 Å². The molecule has 2 aromatic rings. The molecule has 3 rings (SSSR count). The Balaban J connectivity index is 1.74. The Morgan fingerprint density at radius 3 is 2.73 bits per heavy atom. The largest absolute Gasteiger partial charge is 0.391 e. The normalized spacial score (nSPS) is 18.5. The number of aliphatic hydroxyl groups is 1. The van der Waals surface area contributed by atoms with Gasteiger partial charge < -0.3 is 10.0 Å². The van der Waals surface area contributed by atoms with Gasteiger partial charge in [0, 0.05) is 37.0 Å². The van der Waals surface area contributed by atoms with Crippen molar-refractivity contribution in [2.24, 2.45) is 0 Å². The molecule has 0 saturated carbocycles. The van der Waals surface area contributed by atoms with E-state index in [0.29, 0.717) is 12.1 Å². The van der Waals surface area contributed by atoms with Crippen LogP contribution in [0.5, 0.6) is 0 Å². The number of benzene rings is 1. The van der Waals surface area contributed by atoms with E-state index in [1.165, 1.54) is 0 Å². The van der Waals surface area contributed by atoms with E-state index < -0.39 is 6.10 Å². The number of amides is 1. The third kappa shape index (κ3) is 3.04. The molecule has 1 aromatic heterocycles. The number of nitrogens with zero attached hydrogens (tertiary/aromatic N) is 3. The highest BCUT2D eigenvalue weighted by Gasteiger charge is 2.22. The Morgan fingerprint density at radius 2 is 2.09 bits per heavy atom. The van der Waals surface area contributed by atoms with Crippen molar-refractivity contribution < 1.29 is 9.90 Å². The first kappa shape index (κ1) is 14.8. The molecule has 1 aromatic carbocycles. The summed E-state index contributed by atoms with van der Waals surface area (Å²) in [6.07, 6.45) is 5.08. The maximum absolute atomic E-state index is 12.4. The molecule has 0 spiro atoms. The number of β-amino-alcohol motifs (C(OH)–C–C–N with tert-alkyl or cyclic N) is 1. The molecule has 116 valence electrons. The van der Waals surface area contributed by atoms with Gasteiger partial charge in [-0.25, -0.2) is 0 Å². The Bertz CT molecular complexity index is 648. The lowest BCUT2D eigenvalue weighted by molar-refractivity contribution is 0.0474. The molecule has 5 nitrogen and oxygen atoms in total. The van der Waals surface area contributed by atoms with Crippen LogP contribution in [0.4, 0.5) is 0 Å². The van der Waals surface area contributed by atoms with Crippen LogP contribution in [0.1, 0.15) is 30.1 Å². The number of rotatable bonds is 3. The zero-order chi connectivity index (χ0) is 15.5. The molecule has 1 aliphatic heterocycles. The van der Waals surface area contributed by atoms with E-state index in [1.54, 1.807) is 4.90 Å². The molecule has 1 atom stereocenters. The van der Waals surface area contributed by atoms with Crippen LogP contribution < -0.4 is 0 Å². The highest BCUT2D eigenvalue weighted by Crippen LogP contribution is 2.20. The molecule has 5 heteroatoms. The smallest absolute Gasteiger partial charge is 0.253 e. The van der Waals surface area contributed by atoms with Crippen molar-refractivity contribution in [3.05, 3.63) is 42.2 Å². The van der Waals surface area contributed by atoms with Gasteiger partial charge in [0.15, 0.2) is 0 Å². The van der Waals surface area contributed by atoms with Crippen molar-refractivity contribution in [3.63, 3.8) is 0 Å². The fourth-order valence-electron chi connectivity index (χ4n) is 2.81. The number of hydrogen-bond donors (Lipinski definition) is 1. The van der Waals surface area contributed by atoms with Gasteiger partial charge in [0.1, 0.15) is 0 Å². The van der Waals surface area contributed by atoms with Crippen LogP contribution in [0.25, 0.3) is 11.1 Å². The summed E-state index contributed by atoms with van der Waals surface area (Å²) in [5.41, 5.74) is 2.77. The Hall–Kier alpha value is -2.14. The van der Waals surface area contributed by atoms with Gasteiger partial charge in [-0.05, 0) is 37.5 Å². The van der Waals surface area contributed by atoms with Gasteiger partial charge in [0.05, 0.1) is 12.3 Å². The number of carbonyl (C=O) groups is 1. The number of hydrogen-bond acceptors (Lipinski definition) is 3. The summed E-state index contributed by atoms with van der Waals surface area (Å²) in [6, 6.07) is 7.60. The van der Waals surface area contributed by atoms with Gasteiger partial charge >= 0.3 is 0 Å². The number of aromatic nitrogens is 2. The van der Waals surface area contributed by atoms with Crippen LogP contribution in [-0.4, -0.2) is 44.9 Å². The van der Waals surface area contributed by atoms with Crippen LogP contribution >= 0.6 is 0 Å². The third-order valence-corrected chi connectivity index (χ3v) is 4.11. The van der Waals surface area contributed by atoms with E-state index in [-0.39, 0.29) is 5.91 Å². The number of piperidine rings is 1. The van der Waals surface area contributed by atoms with E-state index in [4.69, 9.17) is 0 Å². The van der Waals surface area contributed by atoms with Crippen LogP contribution in [-0.2, 0) is 6.54 Å². The summed E-state index contributed by atoms with van der Waals surface area (Å²) < 4.78 is 1.88. The molecule has 0 radical (unpaired) electrons. The number of aliphatic hydroxyl groups excluding tert-OH is 1. The van der Waals surface area contributed by atoms with Crippen molar-refractivity contribution in [1.82, 2.24) is 14.7 Å². The molecule has 1 amide bonds. The predicted octanol–water partition coefficient (Wildman–Crippen LogP) is 2.17. The molecule has 1 N–H and O–H groups in total. The van der Waals surface area contributed by atoms with Crippen LogP contribution in [0.2, 0.25) is 0 Å². The first-order chi connectivity index (χ1) is 10.7. The average Bonchev–Trinajstić information content (AvgIpc) is 3.03. The number of aryl methyl sites for hydroxylation is 1. The standard InChI is InChI=1S/C17H21N3O2/c1-2-20-11-15(10-18-20)13-5-7-14(8-6-13)17(22)19-9-3-4-16(21)12-19/h5-8,10-11,16,21H,2-4,9,12H2,1H3/t16-/m1/s1. The second-order valence-corrected chi connectivity index (χ2v) is 5.71. The maximum Gasteiger partial charge on any atom is 0.253 e. The van der Waals surface area contributed by atoms with Gasteiger partial charge in [-0.15, -0.1) is 0 Å². The third-order valence-electron chi connectivity index (χ3n) is 4.11. The summed E-state index contributed by atoms with van der Waals surface area (Å²) >= 11 is 0. The Kier molecular flexibility index (Phi) is 4.24. The zero-order valence-corrected chi connectivity index (χ0v) is 12.8. The molecule has 0 aliphatic carbocycles. The number of carbonyl (C=O) groups excluding carboxylic acids is 1. The molecule has 1 aliphatic rings. The van der Waals surface area contributed by atoms with Gasteiger partial charge in [-0.1, -0.05) is 12.1 Å². The summed E-state index contributed by atoms with van der Waals surface area (Å²) in [5.74, 6) is -0.00504. The first-order valence-corrected chi connectivity index (χ1v) is 7.77. The van der Waals surface area contributed by atoms with Gasteiger partial charge in [-0.2, -0.15) is 5.10 Å². The SMILES string of the molecule is CCn1cc(-c2ccc(C(=O)N3CCC[C@@H](O)C3)cc2)cn1. The highest BCUT2D eigenvalue weighted by atomic mass is 16.3. The molecule has 22 heavy (non-hydrogen) atoms. The first-order valence-electron chi connectivity index (χ1n) is 7.77. The van der Waals surface area contributed by atoms with Crippen LogP contribution in [0, 0.1) is 0 Å². The zero-order valence-electron chi connectivity index (χ0n) is 12.8. The predicted molar refractivity (Wildman–Crippen MR) is 84.5 cm³/mol. The van der Waals surface area contributed by atoms with Crippen molar-refractivity contribution in [2.75, 3.05) is 13.1 Å².